The van der Waals surface area contributed by atoms with Gasteiger partial charge in [-0.1, -0.05) is 6.42 Å². The van der Waals surface area contributed by atoms with Crippen molar-refractivity contribution >= 4 is 12.1 Å². The van der Waals surface area contributed by atoms with Crippen molar-refractivity contribution in [2.45, 2.75) is 32.1 Å². The highest BCUT2D eigenvalue weighted by Gasteiger charge is 2.05. The fraction of sp³-hybridized carbons (Fsp3) is 0.556. The second-order valence-corrected chi connectivity index (χ2v) is 2.86. The molecule has 0 aromatic carbocycles. The predicted octanol–water partition coefficient (Wildman–Crippen LogP) is 1.64. The number of rotatable bonds is 1. The Morgan fingerprint density at radius 2 is 1.91 bits per heavy atom. The molecule has 0 fully saturated rings. The van der Waals surface area contributed by atoms with Crippen molar-refractivity contribution in [3.8, 4) is 0 Å². The van der Waals surface area contributed by atoms with Gasteiger partial charge in [0.1, 0.15) is 6.29 Å². The van der Waals surface area contributed by atoms with Crippen molar-refractivity contribution < 1.29 is 9.59 Å². The number of hydrogen-bond donors (Lipinski definition) is 0. The van der Waals surface area contributed by atoms with Crippen molar-refractivity contribution in [1.82, 2.24) is 0 Å². The standard InChI is InChI=1S/C9H12O2/c10-7-8-4-2-1-3-5-9(11)6-8/h6-7H,1-5H2/b8-6+. The van der Waals surface area contributed by atoms with E-state index in [1.807, 2.05) is 0 Å². The lowest BCUT2D eigenvalue weighted by atomic mass is 10.0. The molecule has 1 rings (SSSR count). The number of hydrogen-bond acceptors (Lipinski definition) is 2. The van der Waals surface area contributed by atoms with Gasteiger partial charge in [-0.2, -0.15) is 0 Å². The lowest BCUT2D eigenvalue weighted by Crippen LogP contribution is -2.00. The van der Waals surface area contributed by atoms with Gasteiger partial charge in [0.25, 0.3) is 0 Å². The number of aldehydes is 1. The Morgan fingerprint density at radius 3 is 2.64 bits per heavy atom. The van der Waals surface area contributed by atoms with Gasteiger partial charge in [0.2, 0.25) is 0 Å². The minimum absolute atomic E-state index is 0.104. The van der Waals surface area contributed by atoms with E-state index in [-0.39, 0.29) is 5.78 Å². The second-order valence-electron chi connectivity index (χ2n) is 2.86. The van der Waals surface area contributed by atoms with Crippen molar-refractivity contribution in [3.63, 3.8) is 0 Å². The van der Waals surface area contributed by atoms with Crippen molar-refractivity contribution in [2.75, 3.05) is 0 Å². The zero-order valence-corrected chi connectivity index (χ0v) is 6.51. The summed E-state index contributed by atoms with van der Waals surface area (Å²) in [6.45, 7) is 0. The first-order chi connectivity index (χ1) is 5.33. The van der Waals surface area contributed by atoms with E-state index in [4.69, 9.17) is 0 Å². The molecule has 0 spiro atoms. The van der Waals surface area contributed by atoms with Gasteiger partial charge in [0.05, 0.1) is 0 Å². The summed E-state index contributed by atoms with van der Waals surface area (Å²) in [6.07, 6.45) is 6.75. The van der Waals surface area contributed by atoms with E-state index in [1.54, 1.807) is 0 Å². The van der Waals surface area contributed by atoms with Gasteiger partial charge in [-0.05, 0) is 30.9 Å². The summed E-state index contributed by atoms with van der Waals surface area (Å²) in [5.74, 6) is 0.104. The second kappa shape index (κ2) is 4.06. The Bertz CT molecular complexity index is 192. The van der Waals surface area contributed by atoms with Gasteiger partial charge in [-0.15, -0.1) is 0 Å². The summed E-state index contributed by atoms with van der Waals surface area (Å²) in [4.78, 5) is 21.3. The van der Waals surface area contributed by atoms with E-state index < -0.39 is 0 Å². The molecule has 0 bridgehead atoms. The topological polar surface area (TPSA) is 34.1 Å². The first-order valence-electron chi connectivity index (χ1n) is 4.01. The molecule has 0 atom stereocenters. The van der Waals surface area contributed by atoms with E-state index >= 15 is 0 Å². The molecule has 0 heterocycles. The number of carbonyl (C=O) groups is 2. The van der Waals surface area contributed by atoms with E-state index in [1.165, 1.54) is 6.08 Å². The van der Waals surface area contributed by atoms with Crippen LogP contribution in [-0.2, 0) is 9.59 Å². The van der Waals surface area contributed by atoms with Crippen molar-refractivity contribution in [1.29, 1.82) is 0 Å². The molecule has 0 aromatic heterocycles. The molecular weight excluding hydrogens is 140 g/mol. The van der Waals surface area contributed by atoms with Crippen LogP contribution in [0.25, 0.3) is 0 Å². The quantitative estimate of drug-likeness (QED) is 0.535. The highest BCUT2D eigenvalue weighted by Crippen LogP contribution is 2.13. The summed E-state index contributed by atoms with van der Waals surface area (Å²) in [5.41, 5.74) is 0.662. The van der Waals surface area contributed by atoms with Crippen LogP contribution in [0, 0.1) is 0 Å². The third kappa shape index (κ3) is 2.66. The summed E-state index contributed by atoms with van der Waals surface area (Å²) in [6, 6.07) is 0. The molecule has 2 heteroatoms. The highest BCUT2D eigenvalue weighted by atomic mass is 16.1. The average Bonchev–Trinajstić information content (AvgIpc) is 1.96. The smallest absolute Gasteiger partial charge is 0.156 e. The van der Waals surface area contributed by atoms with E-state index in [2.05, 4.69) is 0 Å². The molecule has 0 radical (unpaired) electrons. The van der Waals surface area contributed by atoms with Crippen LogP contribution < -0.4 is 0 Å². The van der Waals surface area contributed by atoms with Gasteiger partial charge in [-0.3, -0.25) is 9.59 Å². The maximum absolute atomic E-state index is 11.0. The van der Waals surface area contributed by atoms with Crippen LogP contribution in [0.3, 0.4) is 0 Å². The maximum atomic E-state index is 11.0. The van der Waals surface area contributed by atoms with Gasteiger partial charge < -0.3 is 0 Å². The number of carbonyl (C=O) groups excluding carboxylic acids is 2. The summed E-state index contributed by atoms with van der Waals surface area (Å²) in [5, 5.41) is 0. The van der Waals surface area contributed by atoms with Crippen LogP contribution in [0.5, 0.6) is 0 Å². The fourth-order valence-electron chi connectivity index (χ4n) is 1.25. The van der Waals surface area contributed by atoms with Gasteiger partial charge in [0.15, 0.2) is 5.78 Å². The average molecular weight is 152 g/mol. The molecule has 11 heavy (non-hydrogen) atoms. The molecule has 1 aliphatic rings. The van der Waals surface area contributed by atoms with Crippen LogP contribution in [-0.4, -0.2) is 12.1 Å². The Kier molecular flexibility index (Phi) is 3.02. The first-order valence-corrected chi connectivity index (χ1v) is 4.01. The first kappa shape index (κ1) is 8.18. The molecule has 0 saturated heterocycles. The Morgan fingerprint density at radius 1 is 1.18 bits per heavy atom. The Balaban J connectivity index is 2.64. The summed E-state index contributed by atoms with van der Waals surface area (Å²) >= 11 is 0. The molecule has 0 N–H and O–H groups in total. The van der Waals surface area contributed by atoms with E-state index in [9.17, 15) is 9.59 Å². The van der Waals surface area contributed by atoms with Gasteiger partial charge >= 0.3 is 0 Å². The minimum atomic E-state index is 0.104. The normalized spacial score (nSPS) is 24.7. The predicted molar refractivity (Wildman–Crippen MR) is 42.2 cm³/mol. The van der Waals surface area contributed by atoms with Crippen LogP contribution >= 0.6 is 0 Å². The molecule has 0 amide bonds. The molecule has 0 aliphatic heterocycles. The molecule has 60 valence electrons. The molecule has 1 aliphatic carbocycles. The zero-order chi connectivity index (χ0) is 8.10. The van der Waals surface area contributed by atoms with Crippen LogP contribution in [0.2, 0.25) is 0 Å². The summed E-state index contributed by atoms with van der Waals surface area (Å²) < 4.78 is 0. The lowest BCUT2D eigenvalue weighted by Gasteiger charge is -2.04. The summed E-state index contributed by atoms with van der Waals surface area (Å²) in [7, 11) is 0. The largest absolute Gasteiger partial charge is 0.298 e. The van der Waals surface area contributed by atoms with Gasteiger partial charge in [0, 0.05) is 6.42 Å². The van der Waals surface area contributed by atoms with E-state index in [0.29, 0.717) is 12.0 Å². The van der Waals surface area contributed by atoms with Crippen molar-refractivity contribution in [2.24, 2.45) is 0 Å². The van der Waals surface area contributed by atoms with Crippen LogP contribution in [0.1, 0.15) is 32.1 Å². The molecule has 0 saturated carbocycles. The third-order valence-electron chi connectivity index (χ3n) is 1.89. The zero-order valence-electron chi connectivity index (χ0n) is 6.51. The molecular formula is C9H12O2. The molecule has 2 nitrogen and oxygen atoms in total. The van der Waals surface area contributed by atoms with E-state index in [0.717, 1.165) is 32.0 Å². The Labute approximate surface area is 66.3 Å². The number of allylic oxidation sites excluding steroid dienone is 2. The third-order valence-corrected chi connectivity index (χ3v) is 1.89. The minimum Gasteiger partial charge on any atom is -0.298 e. The van der Waals surface area contributed by atoms with Crippen LogP contribution in [0.4, 0.5) is 0 Å². The monoisotopic (exact) mass is 152 g/mol. The highest BCUT2D eigenvalue weighted by molar-refractivity contribution is 5.95. The maximum Gasteiger partial charge on any atom is 0.156 e. The fourth-order valence-corrected chi connectivity index (χ4v) is 1.25. The molecule has 0 aromatic rings. The Hall–Kier alpha value is -0.920. The SMILES string of the molecule is O=C/C1=C/C(=O)CCCCC1. The number of ketones is 1. The molecule has 0 unspecified atom stereocenters. The van der Waals surface area contributed by atoms with Crippen molar-refractivity contribution in [3.05, 3.63) is 11.6 Å². The van der Waals surface area contributed by atoms with Crippen LogP contribution in [0.15, 0.2) is 11.6 Å². The van der Waals surface area contributed by atoms with Gasteiger partial charge in [-0.25, -0.2) is 0 Å². The lowest BCUT2D eigenvalue weighted by molar-refractivity contribution is -0.115.